The molecule has 0 fully saturated rings. The molecule has 0 aliphatic heterocycles. The Morgan fingerprint density at radius 1 is 1.26 bits per heavy atom. The zero-order chi connectivity index (χ0) is 15.2. The van der Waals surface area contributed by atoms with Crippen LogP contribution >= 0.6 is 0 Å². The van der Waals surface area contributed by atoms with Crippen molar-refractivity contribution in [2.45, 2.75) is 23.1 Å². The van der Waals surface area contributed by atoms with Gasteiger partial charge >= 0.3 is 11.4 Å². The van der Waals surface area contributed by atoms with E-state index in [9.17, 15) is 44.0 Å². The molecule has 3 atom stereocenters. The molecule has 1 aliphatic rings. The third-order valence-electron chi connectivity index (χ3n) is 2.52. The first kappa shape index (κ1) is 15.2. The van der Waals surface area contributed by atoms with Crippen LogP contribution in [0.4, 0.5) is 0 Å². The van der Waals surface area contributed by atoms with Crippen LogP contribution in [0.5, 0.6) is 0 Å². The molecule has 0 spiro atoms. The van der Waals surface area contributed by atoms with Crippen LogP contribution in [0.3, 0.4) is 0 Å². The van der Waals surface area contributed by atoms with E-state index in [1.807, 2.05) is 0 Å². The molecule has 0 heterocycles. The lowest BCUT2D eigenvalue weighted by Crippen LogP contribution is -2.62. The Morgan fingerprint density at radius 3 is 2.05 bits per heavy atom. The normalized spacial score (nSPS) is 35.5. The minimum absolute atomic E-state index is 0.00338. The second-order valence-electron chi connectivity index (χ2n) is 3.91. The van der Waals surface area contributed by atoms with Crippen LogP contribution in [0, 0.1) is 20.2 Å². The van der Waals surface area contributed by atoms with Crippen molar-refractivity contribution in [1.29, 1.82) is 0 Å². The van der Waals surface area contributed by atoms with Crippen molar-refractivity contribution >= 4 is 10.1 Å². The minimum Gasteiger partial charge on any atom is -0.510 e. The summed E-state index contributed by atoms with van der Waals surface area (Å²) in [5, 5.41) is 46.7. The predicted octanol–water partition coefficient (Wildman–Crippen LogP) is -1.98. The van der Waals surface area contributed by atoms with Crippen molar-refractivity contribution < 1.29 is 38.1 Å². The van der Waals surface area contributed by atoms with E-state index in [1.54, 1.807) is 0 Å². The summed E-state index contributed by atoms with van der Waals surface area (Å²) >= 11 is 0. The van der Waals surface area contributed by atoms with Crippen molar-refractivity contribution in [2.75, 3.05) is 0 Å². The highest BCUT2D eigenvalue weighted by Gasteiger charge is 2.68. The molecule has 0 saturated heterocycles. The molecular weight excluding hydrogens is 292 g/mol. The van der Waals surface area contributed by atoms with E-state index in [2.05, 4.69) is 0 Å². The van der Waals surface area contributed by atoms with E-state index in [-0.39, 0.29) is 6.08 Å². The average molecular weight is 300 g/mol. The van der Waals surface area contributed by atoms with Gasteiger partial charge in [0.2, 0.25) is 5.25 Å². The Balaban J connectivity index is 3.58. The van der Waals surface area contributed by atoms with Gasteiger partial charge in [0.05, 0.1) is 15.9 Å². The fourth-order valence-corrected chi connectivity index (χ4v) is 2.76. The smallest absolute Gasteiger partial charge is 0.359 e. The summed E-state index contributed by atoms with van der Waals surface area (Å²) in [4.78, 5) is 18.1. The highest BCUT2D eigenvalue weighted by atomic mass is 32.2. The molecule has 4 N–H and O–H groups in total. The van der Waals surface area contributed by atoms with E-state index in [4.69, 9.17) is 4.55 Å². The molecule has 0 aromatic carbocycles. The molecule has 0 amide bonds. The second-order valence-corrected chi connectivity index (χ2v) is 5.41. The first-order chi connectivity index (χ1) is 8.34. The van der Waals surface area contributed by atoms with E-state index >= 15 is 0 Å². The van der Waals surface area contributed by atoms with Gasteiger partial charge in [-0.05, 0) is 0 Å². The van der Waals surface area contributed by atoms with Crippen LogP contribution in [0.1, 0.15) is 6.42 Å². The summed E-state index contributed by atoms with van der Waals surface area (Å²) < 4.78 is 30.6. The van der Waals surface area contributed by atoms with Crippen LogP contribution in [0.15, 0.2) is 11.8 Å². The minimum atomic E-state index is -5.35. The quantitative estimate of drug-likeness (QED) is 0.196. The number of hydrogen-bond acceptors (Lipinski definition) is 9. The van der Waals surface area contributed by atoms with Crippen molar-refractivity contribution in [3.8, 4) is 0 Å². The molecule has 3 unspecified atom stereocenters. The van der Waals surface area contributed by atoms with Gasteiger partial charge in [0.1, 0.15) is 12.2 Å². The fraction of sp³-hybridized carbons (Fsp3) is 0.667. The van der Waals surface area contributed by atoms with E-state index in [0.717, 1.165) is 0 Å². The third-order valence-corrected chi connectivity index (χ3v) is 3.73. The van der Waals surface area contributed by atoms with Crippen molar-refractivity contribution in [2.24, 2.45) is 0 Å². The number of nitrogens with zero attached hydrogens (tertiary/aromatic N) is 2. The van der Waals surface area contributed by atoms with Crippen LogP contribution in [-0.2, 0) is 10.1 Å². The number of nitro groups is 2. The van der Waals surface area contributed by atoms with Crippen LogP contribution < -0.4 is 0 Å². The average Bonchev–Trinajstić information content (AvgIpc) is 2.12. The molecule has 1 rings (SSSR count). The van der Waals surface area contributed by atoms with Gasteiger partial charge in [-0.15, -0.1) is 0 Å². The molecule has 19 heavy (non-hydrogen) atoms. The summed E-state index contributed by atoms with van der Waals surface area (Å²) in [5.41, 5.74) is -6.90. The van der Waals surface area contributed by atoms with Crippen LogP contribution in [0.2, 0.25) is 0 Å². The van der Waals surface area contributed by atoms with Gasteiger partial charge in [-0.1, -0.05) is 0 Å². The zero-order valence-corrected chi connectivity index (χ0v) is 9.72. The highest BCUT2D eigenvalue weighted by Crippen LogP contribution is 2.37. The fourth-order valence-electron chi connectivity index (χ4n) is 1.74. The predicted molar refractivity (Wildman–Crippen MR) is 54.6 cm³/mol. The Morgan fingerprint density at radius 2 is 1.74 bits per heavy atom. The lowest BCUT2D eigenvalue weighted by Gasteiger charge is -2.32. The first-order valence-electron chi connectivity index (χ1n) is 4.46. The Labute approximate surface area is 104 Å². The molecular formula is C6H8N2O10S. The molecule has 0 aromatic heterocycles. The maximum atomic E-state index is 10.9. The van der Waals surface area contributed by atoms with Gasteiger partial charge in [0.25, 0.3) is 10.1 Å². The summed E-state index contributed by atoms with van der Waals surface area (Å²) in [5.74, 6) is -1.60. The molecule has 13 heteroatoms. The number of rotatable bonds is 3. The molecule has 0 aromatic rings. The second kappa shape index (κ2) is 4.09. The van der Waals surface area contributed by atoms with Crippen LogP contribution in [0.25, 0.3) is 0 Å². The van der Waals surface area contributed by atoms with Gasteiger partial charge in [-0.3, -0.25) is 24.8 Å². The van der Waals surface area contributed by atoms with Crippen molar-refractivity contribution in [1.82, 2.24) is 0 Å². The van der Waals surface area contributed by atoms with Crippen molar-refractivity contribution in [3.63, 3.8) is 0 Å². The van der Waals surface area contributed by atoms with Gasteiger partial charge in [-0.25, -0.2) is 0 Å². The molecule has 108 valence electrons. The van der Waals surface area contributed by atoms with Gasteiger partial charge < -0.3 is 15.3 Å². The van der Waals surface area contributed by atoms with E-state index in [1.165, 1.54) is 0 Å². The van der Waals surface area contributed by atoms with E-state index < -0.39 is 48.8 Å². The summed E-state index contributed by atoms with van der Waals surface area (Å²) in [7, 11) is -5.35. The van der Waals surface area contributed by atoms with Gasteiger partial charge in [0, 0.05) is 0 Å². The lowest BCUT2D eigenvalue weighted by molar-refractivity contribution is -0.669. The SMILES string of the molecule is O=[N+]([O-])C1(O)C=C(O)C(S(=O)(=O)O)C(O)([N+](=O)[O-])C1. The maximum Gasteiger partial charge on any atom is 0.359 e. The molecule has 12 nitrogen and oxygen atoms in total. The first-order valence-corrected chi connectivity index (χ1v) is 5.96. The third kappa shape index (κ3) is 2.35. The molecule has 0 bridgehead atoms. The monoisotopic (exact) mass is 300 g/mol. The Bertz CT molecular complexity index is 569. The molecule has 0 radical (unpaired) electrons. The lowest BCUT2D eigenvalue weighted by atomic mass is 9.90. The summed E-state index contributed by atoms with van der Waals surface area (Å²) in [6.45, 7) is 0. The number of aliphatic hydroxyl groups is 3. The molecule has 1 aliphatic carbocycles. The Kier molecular flexibility index (Phi) is 3.28. The number of hydrogen-bond donors (Lipinski definition) is 4. The van der Waals surface area contributed by atoms with Gasteiger partial charge in [-0.2, -0.15) is 8.42 Å². The summed E-state index contributed by atoms with van der Waals surface area (Å²) in [6, 6.07) is 0. The number of aliphatic hydroxyl groups excluding tert-OH is 1. The van der Waals surface area contributed by atoms with Gasteiger partial charge in [0.15, 0.2) is 0 Å². The largest absolute Gasteiger partial charge is 0.510 e. The highest BCUT2D eigenvalue weighted by molar-refractivity contribution is 7.86. The van der Waals surface area contributed by atoms with E-state index in [0.29, 0.717) is 0 Å². The van der Waals surface area contributed by atoms with Crippen LogP contribution in [-0.4, -0.2) is 54.8 Å². The maximum absolute atomic E-state index is 10.9. The summed E-state index contributed by atoms with van der Waals surface area (Å²) in [6.07, 6.45) is -1.67. The topological polar surface area (TPSA) is 201 Å². The standard InChI is InChI=1S/C6H8N2O10S/c9-3-1-5(10,7(12)13)2-6(11,8(14)15)4(3)19(16,17)18/h1,4,9-11H,2H2,(H,16,17,18). The zero-order valence-electron chi connectivity index (χ0n) is 8.90. The molecule has 0 saturated carbocycles. The Hall–Kier alpha value is -1.83. The van der Waals surface area contributed by atoms with Crippen molar-refractivity contribution in [3.05, 3.63) is 32.1 Å².